The van der Waals surface area contributed by atoms with Crippen molar-refractivity contribution in [3.05, 3.63) is 77.5 Å². The Labute approximate surface area is 185 Å². The largest absolute Gasteiger partial charge is 0.339 e. The van der Waals surface area contributed by atoms with Gasteiger partial charge in [-0.2, -0.15) is 0 Å². The molecule has 0 bridgehead atoms. The van der Waals surface area contributed by atoms with E-state index in [0.717, 1.165) is 27.1 Å². The summed E-state index contributed by atoms with van der Waals surface area (Å²) < 4.78 is 0. The number of nitrogens with one attached hydrogen (secondary N) is 1. The fourth-order valence-corrected chi connectivity index (χ4v) is 4.26. The predicted octanol–water partition coefficient (Wildman–Crippen LogP) is 5.88. The quantitative estimate of drug-likeness (QED) is 0.505. The smallest absolute Gasteiger partial charge is 0.285 e. The summed E-state index contributed by atoms with van der Waals surface area (Å²) in [5.74, 6) is -0.222. The van der Waals surface area contributed by atoms with Crippen LogP contribution in [0.15, 0.2) is 75.6 Å². The lowest BCUT2D eigenvalue weighted by Crippen LogP contribution is -2.16. The second-order valence-electron chi connectivity index (χ2n) is 6.97. The zero-order valence-corrected chi connectivity index (χ0v) is 18.9. The van der Waals surface area contributed by atoms with E-state index in [1.807, 2.05) is 12.1 Å². The van der Waals surface area contributed by atoms with Crippen molar-refractivity contribution in [3.63, 3.8) is 0 Å². The zero-order valence-electron chi connectivity index (χ0n) is 17.3. The Morgan fingerprint density at radius 2 is 1.73 bits per heavy atom. The summed E-state index contributed by atoms with van der Waals surface area (Å²) in [6, 6.07) is 17.0. The van der Waals surface area contributed by atoms with Crippen LogP contribution < -0.4 is 5.32 Å². The van der Waals surface area contributed by atoms with Gasteiger partial charge in [0.2, 0.25) is 0 Å². The third kappa shape index (κ3) is 5.64. The van der Waals surface area contributed by atoms with Crippen LogP contribution >= 0.6 is 23.5 Å². The summed E-state index contributed by atoms with van der Waals surface area (Å²) in [7, 11) is 3.43. The van der Waals surface area contributed by atoms with Crippen LogP contribution in [0, 0.1) is 13.8 Å². The van der Waals surface area contributed by atoms with Crippen molar-refractivity contribution in [2.24, 2.45) is 0 Å². The molecule has 0 fully saturated rings. The van der Waals surface area contributed by atoms with Crippen molar-refractivity contribution >= 4 is 40.4 Å². The lowest BCUT2D eigenvalue weighted by atomic mass is 10.2. The average molecular weight is 438 g/mol. The van der Waals surface area contributed by atoms with E-state index in [9.17, 15) is 9.59 Å². The van der Waals surface area contributed by atoms with Crippen LogP contribution in [0.4, 0.5) is 10.5 Å². The first kappa shape index (κ1) is 21.9. The average Bonchev–Trinajstić information content (AvgIpc) is 2.71. The number of amides is 2. The molecule has 0 aliphatic rings. The van der Waals surface area contributed by atoms with Crippen molar-refractivity contribution < 1.29 is 9.59 Å². The molecule has 0 aliphatic carbocycles. The van der Waals surface area contributed by atoms with E-state index in [2.05, 4.69) is 42.3 Å². The first-order valence-electron chi connectivity index (χ1n) is 9.34. The molecule has 0 saturated carbocycles. The molecule has 2 amide bonds. The number of pyridine rings is 1. The SMILES string of the molecule is Cc1ccc(Sc2ncccc2C(=O)Nc2ccc(SC(=O)N(C)C)cc2)c(C)c1. The van der Waals surface area contributed by atoms with Gasteiger partial charge in [0.25, 0.3) is 11.1 Å². The van der Waals surface area contributed by atoms with Crippen LogP contribution in [0.3, 0.4) is 0 Å². The molecule has 1 N–H and O–H groups in total. The summed E-state index contributed by atoms with van der Waals surface area (Å²) in [6.45, 7) is 4.11. The molecule has 3 aromatic rings. The Balaban J connectivity index is 1.74. The summed E-state index contributed by atoms with van der Waals surface area (Å²) in [5, 5.41) is 3.53. The van der Waals surface area contributed by atoms with Gasteiger partial charge in [0.05, 0.1) is 5.56 Å². The van der Waals surface area contributed by atoms with Crippen molar-refractivity contribution in [2.45, 2.75) is 28.7 Å². The highest BCUT2D eigenvalue weighted by atomic mass is 32.2. The highest BCUT2D eigenvalue weighted by molar-refractivity contribution is 8.13. The highest BCUT2D eigenvalue weighted by Crippen LogP contribution is 2.32. The van der Waals surface area contributed by atoms with Crippen LogP contribution in [-0.2, 0) is 0 Å². The molecule has 0 unspecified atom stereocenters. The van der Waals surface area contributed by atoms with Gasteiger partial charge in [-0.1, -0.05) is 29.5 Å². The van der Waals surface area contributed by atoms with Crippen LogP contribution in [0.2, 0.25) is 0 Å². The summed E-state index contributed by atoms with van der Waals surface area (Å²) in [5.41, 5.74) is 3.53. The van der Waals surface area contributed by atoms with E-state index in [-0.39, 0.29) is 11.1 Å². The van der Waals surface area contributed by atoms with Gasteiger partial charge in [-0.05, 0) is 73.6 Å². The first-order chi connectivity index (χ1) is 14.3. The third-order valence-corrected chi connectivity index (χ3v) is 6.48. The van der Waals surface area contributed by atoms with E-state index in [4.69, 9.17) is 0 Å². The van der Waals surface area contributed by atoms with E-state index in [0.29, 0.717) is 16.3 Å². The van der Waals surface area contributed by atoms with Gasteiger partial charge in [0, 0.05) is 35.8 Å². The van der Waals surface area contributed by atoms with Crippen molar-refractivity contribution in [2.75, 3.05) is 19.4 Å². The summed E-state index contributed by atoms with van der Waals surface area (Å²) in [4.78, 5) is 32.5. The minimum absolute atomic E-state index is 0.0461. The number of carbonyl (C=O) groups is 2. The minimum Gasteiger partial charge on any atom is -0.339 e. The maximum absolute atomic E-state index is 12.9. The van der Waals surface area contributed by atoms with Gasteiger partial charge in [-0.25, -0.2) is 4.98 Å². The first-order valence-corrected chi connectivity index (χ1v) is 11.0. The van der Waals surface area contributed by atoms with Gasteiger partial charge in [0.1, 0.15) is 5.03 Å². The number of aryl methyl sites for hydroxylation is 2. The van der Waals surface area contributed by atoms with E-state index < -0.39 is 0 Å². The molecule has 0 saturated heterocycles. The van der Waals surface area contributed by atoms with Gasteiger partial charge >= 0.3 is 0 Å². The molecule has 7 heteroatoms. The topological polar surface area (TPSA) is 62.3 Å². The van der Waals surface area contributed by atoms with Gasteiger partial charge in [-0.15, -0.1) is 0 Å². The monoisotopic (exact) mass is 437 g/mol. The second kappa shape index (κ2) is 9.82. The molecule has 5 nitrogen and oxygen atoms in total. The Kier molecular flexibility index (Phi) is 7.18. The zero-order chi connectivity index (χ0) is 21.7. The molecular weight excluding hydrogens is 414 g/mol. The Morgan fingerprint density at radius 3 is 2.40 bits per heavy atom. The molecule has 3 rings (SSSR count). The number of thioether (sulfide) groups is 1. The van der Waals surface area contributed by atoms with Crippen LogP contribution in [0.25, 0.3) is 0 Å². The predicted molar refractivity (Wildman–Crippen MR) is 124 cm³/mol. The van der Waals surface area contributed by atoms with E-state index >= 15 is 0 Å². The van der Waals surface area contributed by atoms with Gasteiger partial charge in [-0.3, -0.25) is 9.59 Å². The number of nitrogens with zero attached hydrogens (tertiary/aromatic N) is 2. The molecule has 30 heavy (non-hydrogen) atoms. The van der Waals surface area contributed by atoms with Crippen LogP contribution in [0.1, 0.15) is 21.5 Å². The number of hydrogen-bond donors (Lipinski definition) is 1. The lowest BCUT2D eigenvalue weighted by molar-refractivity contribution is 0.102. The number of hydrogen-bond acceptors (Lipinski definition) is 5. The fourth-order valence-electron chi connectivity index (χ4n) is 2.66. The number of aromatic nitrogens is 1. The van der Waals surface area contributed by atoms with Crippen LogP contribution in [-0.4, -0.2) is 35.1 Å². The van der Waals surface area contributed by atoms with Gasteiger partial charge < -0.3 is 10.2 Å². The molecule has 0 spiro atoms. The Morgan fingerprint density at radius 1 is 1.00 bits per heavy atom. The third-order valence-electron chi connectivity index (χ3n) is 4.24. The number of benzene rings is 2. The summed E-state index contributed by atoms with van der Waals surface area (Å²) >= 11 is 2.63. The lowest BCUT2D eigenvalue weighted by Gasteiger charge is -2.12. The Bertz CT molecular complexity index is 1070. The molecule has 0 radical (unpaired) electrons. The normalized spacial score (nSPS) is 10.5. The number of anilines is 1. The van der Waals surface area contributed by atoms with Crippen molar-refractivity contribution in [1.82, 2.24) is 9.88 Å². The molecule has 154 valence electrons. The number of rotatable bonds is 5. The molecular formula is C23H23N3O2S2. The molecule has 0 aliphatic heterocycles. The minimum atomic E-state index is -0.222. The molecule has 0 atom stereocenters. The molecule has 2 aromatic carbocycles. The van der Waals surface area contributed by atoms with E-state index in [1.54, 1.807) is 44.6 Å². The molecule has 1 heterocycles. The summed E-state index contributed by atoms with van der Waals surface area (Å²) in [6.07, 6.45) is 1.69. The highest BCUT2D eigenvalue weighted by Gasteiger charge is 2.15. The second-order valence-corrected chi connectivity index (χ2v) is 9.02. The maximum Gasteiger partial charge on any atom is 0.285 e. The number of carbonyl (C=O) groups excluding carboxylic acids is 2. The maximum atomic E-state index is 12.9. The Hall–Kier alpha value is -2.77. The standard InChI is InChI=1S/C23H23N3O2S2/c1-15-7-12-20(16(2)14-15)30-22-19(6-5-13-24-22)21(27)25-17-8-10-18(11-9-17)29-23(28)26(3)4/h5-14H,1-4H3,(H,25,27). The van der Waals surface area contributed by atoms with Crippen molar-refractivity contribution in [3.8, 4) is 0 Å². The fraction of sp³-hybridized carbons (Fsp3) is 0.174. The molecule has 1 aromatic heterocycles. The van der Waals surface area contributed by atoms with Crippen LogP contribution in [0.5, 0.6) is 0 Å². The van der Waals surface area contributed by atoms with Crippen molar-refractivity contribution in [1.29, 1.82) is 0 Å². The van der Waals surface area contributed by atoms with Gasteiger partial charge in [0.15, 0.2) is 0 Å². The van der Waals surface area contributed by atoms with E-state index in [1.165, 1.54) is 22.2 Å².